The van der Waals surface area contributed by atoms with E-state index >= 15 is 0 Å². The normalized spacial score (nSPS) is 55.3. The van der Waals surface area contributed by atoms with Crippen LogP contribution in [0.4, 0.5) is 0 Å². The van der Waals surface area contributed by atoms with Crippen LogP contribution in [-0.4, -0.2) is 23.2 Å². The van der Waals surface area contributed by atoms with E-state index in [-0.39, 0.29) is 17.8 Å². The highest BCUT2D eigenvalue weighted by Gasteiger charge is 2.63. The summed E-state index contributed by atoms with van der Waals surface area (Å²) in [5, 5.41) is 10.1. The van der Waals surface area contributed by atoms with Crippen molar-refractivity contribution in [2.24, 2.45) is 29.6 Å². The van der Waals surface area contributed by atoms with Crippen LogP contribution >= 0.6 is 0 Å². The molecule has 19 heavy (non-hydrogen) atoms. The number of ether oxygens (including phenoxy) is 2. The molecule has 5 rings (SSSR count). The third-order valence-electron chi connectivity index (χ3n) is 5.67. The summed E-state index contributed by atoms with van der Waals surface area (Å²) in [6.07, 6.45) is 5.94. The lowest BCUT2D eigenvalue weighted by molar-refractivity contribution is -0.387. The number of carbonyl (C=O) groups excluding carboxylic acids is 1. The van der Waals surface area contributed by atoms with E-state index in [2.05, 4.69) is 6.58 Å². The molecule has 4 saturated carbocycles. The highest BCUT2D eigenvalue weighted by Crippen LogP contribution is 2.61. The summed E-state index contributed by atoms with van der Waals surface area (Å²) in [5.41, 5.74) is 0. The summed E-state index contributed by atoms with van der Waals surface area (Å²) in [5.74, 6) is 0.114. The molecule has 5 aliphatic rings. The zero-order valence-corrected chi connectivity index (χ0v) is 11.0. The second kappa shape index (κ2) is 3.83. The molecule has 2 atom stereocenters. The van der Waals surface area contributed by atoms with Crippen LogP contribution in [0, 0.1) is 29.6 Å². The fourth-order valence-corrected chi connectivity index (χ4v) is 5.04. The van der Waals surface area contributed by atoms with Crippen LogP contribution in [0.1, 0.15) is 32.1 Å². The minimum absolute atomic E-state index is 0.271. The van der Waals surface area contributed by atoms with Crippen LogP contribution in [0.2, 0.25) is 0 Å². The van der Waals surface area contributed by atoms with E-state index in [9.17, 15) is 9.90 Å². The molecule has 1 spiro atoms. The Balaban J connectivity index is 1.67. The molecule has 1 N–H and O–H groups in total. The molecule has 4 heteroatoms. The Hall–Kier alpha value is -0.870. The molecule has 0 aromatic heterocycles. The van der Waals surface area contributed by atoms with Crippen molar-refractivity contribution in [3.8, 4) is 0 Å². The average Bonchev–Trinajstić information content (AvgIpc) is 2.35. The van der Waals surface area contributed by atoms with Crippen LogP contribution in [-0.2, 0) is 14.3 Å². The predicted molar refractivity (Wildman–Crippen MR) is 66.6 cm³/mol. The Bertz CT molecular complexity index is 402. The van der Waals surface area contributed by atoms with Gasteiger partial charge < -0.3 is 14.6 Å². The molecule has 4 bridgehead atoms. The maximum atomic E-state index is 12.1. The first-order chi connectivity index (χ1) is 9.12. The van der Waals surface area contributed by atoms with E-state index in [1.807, 2.05) is 0 Å². The quantitative estimate of drug-likeness (QED) is 0.580. The van der Waals surface area contributed by atoms with Crippen LogP contribution in [0.25, 0.3) is 0 Å². The Kier molecular flexibility index (Phi) is 2.40. The zero-order chi connectivity index (χ0) is 13.2. The van der Waals surface area contributed by atoms with E-state index in [4.69, 9.17) is 9.47 Å². The first kappa shape index (κ1) is 11.9. The molecule has 4 aliphatic carbocycles. The van der Waals surface area contributed by atoms with Crippen LogP contribution < -0.4 is 0 Å². The summed E-state index contributed by atoms with van der Waals surface area (Å²) < 4.78 is 11.6. The second-order valence-corrected chi connectivity index (χ2v) is 6.72. The highest BCUT2D eigenvalue weighted by atomic mass is 16.8. The monoisotopic (exact) mass is 264 g/mol. The van der Waals surface area contributed by atoms with Gasteiger partial charge in [0.05, 0.1) is 0 Å². The molecule has 4 nitrogen and oxygen atoms in total. The van der Waals surface area contributed by atoms with Gasteiger partial charge in [-0.2, -0.15) is 0 Å². The number of esters is 1. The van der Waals surface area contributed by atoms with Crippen molar-refractivity contribution in [1.82, 2.24) is 0 Å². The summed E-state index contributed by atoms with van der Waals surface area (Å²) >= 11 is 0. The molecule has 0 radical (unpaired) electrons. The fraction of sp³-hybridized carbons (Fsp3) is 0.800. The molecule has 0 aromatic rings. The largest absolute Gasteiger partial charge is 0.432 e. The van der Waals surface area contributed by atoms with E-state index in [1.54, 1.807) is 0 Å². The number of aliphatic hydroxyl groups excluding tert-OH is 1. The Labute approximate surface area is 112 Å². The lowest BCUT2D eigenvalue weighted by Gasteiger charge is -2.61. The lowest BCUT2D eigenvalue weighted by Crippen LogP contribution is -2.65. The van der Waals surface area contributed by atoms with Crippen molar-refractivity contribution < 1.29 is 19.4 Å². The molecule has 1 aliphatic heterocycles. The van der Waals surface area contributed by atoms with Gasteiger partial charge >= 0.3 is 5.97 Å². The molecule has 1 saturated heterocycles. The van der Waals surface area contributed by atoms with E-state index in [0.717, 1.165) is 37.5 Å². The number of aliphatic hydroxyl groups is 1. The van der Waals surface area contributed by atoms with Gasteiger partial charge in [-0.1, -0.05) is 6.08 Å². The topological polar surface area (TPSA) is 55.8 Å². The third-order valence-corrected chi connectivity index (χ3v) is 5.67. The number of rotatable bonds is 1. The second-order valence-electron chi connectivity index (χ2n) is 6.72. The van der Waals surface area contributed by atoms with Crippen LogP contribution in [0.15, 0.2) is 12.7 Å². The number of carbonyl (C=O) groups is 1. The predicted octanol–water partition coefficient (Wildman–Crippen LogP) is 1.83. The van der Waals surface area contributed by atoms with E-state index in [1.165, 1.54) is 12.5 Å². The smallest absolute Gasteiger partial charge is 0.320 e. The summed E-state index contributed by atoms with van der Waals surface area (Å²) in [4.78, 5) is 12.1. The van der Waals surface area contributed by atoms with Gasteiger partial charge in [0, 0.05) is 11.8 Å². The minimum Gasteiger partial charge on any atom is -0.432 e. The summed E-state index contributed by atoms with van der Waals surface area (Å²) in [7, 11) is 0. The Morgan fingerprint density at radius 3 is 2.21 bits per heavy atom. The molecular weight excluding hydrogens is 244 g/mol. The Morgan fingerprint density at radius 2 is 1.74 bits per heavy atom. The highest BCUT2D eigenvalue weighted by molar-refractivity contribution is 5.76. The SMILES string of the molecule is C=CC1C(=O)OC2(OC1O)C1CC3CC(C1)CC2C3. The molecule has 2 unspecified atom stereocenters. The summed E-state index contributed by atoms with van der Waals surface area (Å²) in [6.45, 7) is 3.57. The van der Waals surface area contributed by atoms with Gasteiger partial charge in [-0.05, 0) is 43.9 Å². The fourth-order valence-electron chi connectivity index (χ4n) is 5.04. The van der Waals surface area contributed by atoms with Crippen LogP contribution in [0.3, 0.4) is 0 Å². The van der Waals surface area contributed by atoms with Gasteiger partial charge in [0.1, 0.15) is 5.92 Å². The van der Waals surface area contributed by atoms with Crippen molar-refractivity contribution in [1.29, 1.82) is 0 Å². The van der Waals surface area contributed by atoms with Gasteiger partial charge in [-0.25, -0.2) is 0 Å². The first-order valence-corrected chi connectivity index (χ1v) is 7.33. The third kappa shape index (κ3) is 1.50. The van der Waals surface area contributed by atoms with Gasteiger partial charge in [0.15, 0.2) is 6.29 Å². The van der Waals surface area contributed by atoms with Gasteiger partial charge in [0.2, 0.25) is 5.79 Å². The molecular formula is C15H20O4. The van der Waals surface area contributed by atoms with Gasteiger partial charge in [-0.3, -0.25) is 4.79 Å². The number of hydrogen-bond acceptors (Lipinski definition) is 4. The summed E-state index contributed by atoms with van der Waals surface area (Å²) in [6, 6.07) is 0. The standard InChI is InChI=1S/C15H20O4/c1-2-12-13(16)18-15(19-14(12)17)10-4-8-3-9(6-10)7-11(15)5-8/h2,8-13,16H,1,3-7H2. The number of hydrogen-bond donors (Lipinski definition) is 1. The van der Waals surface area contributed by atoms with E-state index < -0.39 is 18.0 Å². The maximum Gasteiger partial charge on any atom is 0.320 e. The van der Waals surface area contributed by atoms with E-state index in [0.29, 0.717) is 0 Å². The average molecular weight is 264 g/mol. The van der Waals surface area contributed by atoms with Crippen molar-refractivity contribution in [3.05, 3.63) is 12.7 Å². The lowest BCUT2D eigenvalue weighted by atomic mass is 9.53. The van der Waals surface area contributed by atoms with Crippen molar-refractivity contribution in [2.75, 3.05) is 0 Å². The van der Waals surface area contributed by atoms with Gasteiger partial charge in [-0.15, -0.1) is 6.58 Å². The Morgan fingerprint density at radius 1 is 1.16 bits per heavy atom. The molecule has 104 valence electrons. The van der Waals surface area contributed by atoms with Gasteiger partial charge in [0.25, 0.3) is 0 Å². The minimum atomic E-state index is -1.10. The molecule has 5 fully saturated rings. The maximum absolute atomic E-state index is 12.1. The van der Waals surface area contributed by atoms with Crippen molar-refractivity contribution in [2.45, 2.75) is 44.2 Å². The molecule has 1 heterocycles. The van der Waals surface area contributed by atoms with Crippen molar-refractivity contribution >= 4 is 5.97 Å². The molecule has 0 amide bonds. The zero-order valence-electron chi connectivity index (χ0n) is 11.0. The van der Waals surface area contributed by atoms with Crippen molar-refractivity contribution in [3.63, 3.8) is 0 Å². The molecule has 0 aromatic carbocycles. The van der Waals surface area contributed by atoms with Crippen LogP contribution in [0.5, 0.6) is 0 Å². The first-order valence-electron chi connectivity index (χ1n) is 7.33.